The summed E-state index contributed by atoms with van der Waals surface area (Å²) >= 11 is 0. The number of dihydropyridines is 1. The van der Waals surface area contributed by atoms with Crippen LogP contribution in [-0.2, 0) is 16.1 Å². The zero-order valence-electron chi connectivity index (χ0n) is 20.9. The number of ketones is 1. The molecule has 1 aliphatic heterocycles. The van der Waals surface area contributed by atoms with E-state index in [4.69, 9.17) is 14.2 Å². The van der Waals surface area contributed by atoms with Gasteiger partial charge < -0.3 is 19.5 Å². The average molecular weight is 513 g/mol. The van der Waals surface area contributed by atoms with Crippen LogP contribution >= 0.6 is 0 Å². The van der Waals surface area contributed by atoms with Crippen LogP contribution in [0.5, 0.6) is 11.5 Å². The smallest absolute Gasteiger partial charge is 0.336 e. The molecule has 0 fully saturated rings. The number of allylic oxidation sites excluding steroid dienone is 2. The van der Waals surface area contributed by atoms with E-state index in [0.717, 1.165) is 5.56 Å². The number of benzene rings is 3. The number of esters is 1. The van der Waals surface area contributed by atoms with Gasteiger partial charge in [-0.25, -0.2) is 4.79 Å². The summed E-state index contributed by atoms with van der Waals surface area (Å²) in [7, 11) is 2.80. The number of ether oxygens (including phenoxy) is 3. The van der Waals surface area contributed by atoms with E-state index in [-0.39, 0.29) is 18.1 Å². The van der Waals surface area contributed by atoms with Crippen LogP contribution in [-0.4, -0.2) is 30.9 Å². The third kappa shape index (κ3) is 4.17. The molecule has 9 heteroatoms. The van der Waals surface area contributed by atoms with Gasteiger partial charge in [0.05, 0.1) is 30.4 Å². The molecule has 0 saturated carbocycles. The topological polar surface area (TPSA) is 117 Å². The lowest BCUT2D eigenvalue weighted by molar-refractivity contribution is -0.384. The SMILES string of the molecule is COC(=O)C1=C(C)NC2=C(C(=O)c3ccccc32)[C@H]1c1ccc(OCc2cccc([N+](=O)[O-])c2)c(OC)c1. The van der Waals surface area contributed by atoms with Gasteiger partial charge in [-0.05, 0) is 30.2 Å². The Hall–Kier alpha value is -4.92. The number of nitro benzene ring substituents is 1. The number of carbonyl (C=O) groups is 2. The van der Waals surface area contributed by atoms with Crippen LogP contribution in [0.4, 0.5) is 5.69 Å². The number of rotatable bonds is 7. The molecule has 5 rings (SSSR count). The molecule has 38 heavy (non-hydrogen) atoms. The van der Waals surface area contributed by atoms with Gasteiger partial charge in [-0.3, -0.25) is 14.9 Å². The molecule has 0 amide bonds. The van der Waals surface area contributed by atoms with Crippen LogP contribution in [0.2, 0.25) is 0 Å². The third-order valence-electron chi connectivity index (χ3n) is 6.69. The van der Waals surface area contributed by atoms with Crippen molar-refractivity contribution in [3.05, 3.63) is 116 Å². The Morgan fingerprint density at radius 3 is 2.47 bits per heavy atom. The van der Waals surface area contributed by atoms with Gasteiger partial charge in [0.1, 0.15) is 6.61 Å². The third-order valence-corrected chi connectivity index (χ3v) is 6.69. The molecule has 0 bridgehead atoms. The highest BCUT2D eigenvalue weighted by Gasteiger charge is 2.43. The maximum atomic E-state index is 13.6. The standard InChI is InChI=1S/C29H24N2O7/c1-16-24(29(33)37-3)25(26-27(30-16)20-9-4-5-10-21(20)28(26)32)18-11-12-22(23(14-18)36-2)38-15-17-7-6-8-19(13-17)31(34)35/h4-14,25,30H,15H2,1-3H3/t25-/m0/s1. The molecular formula is C29H24N2O7. The Morgan fingerprint density at radius 2 is 1.76 bits per heavy atom. The first-order chi connectivity index (χ1) is 18.3. The molecule has 0 saturated heterocycles. The molecule has 0 unspecified atom stereocenters. The predicted octanol–water partition coefficient (Wildman–Crippen LogP) is 4.92. The Labute approximate surface area is 218 Å². The first kappa shape index (κ1) is 24.8. The van der Waals surface area contributed by atoms with Crippen LogP contribution in [0.3, 0.4) is 0 Å². The normalized spacial score (nSPS) is 16.0. The molecule has 3 aromatic rings. The summed E-state index contributed by atoms with van der Waals surface area (Å²) in [6.07, 6.45) is 0. The van der Waals surface area contributed by atoms with Crippen molar-refractivity contribution in [1.29, 1.82) is 0 Å². The second-order valence-electron chi connectivity index (χ2n) is 8.88. The van der Waals surface area contributed by atoms with Crippen molar-refractivity contribution in [3.63, 3.8) is 0 Å². The Kier molecular flexibility index (Phi) is 6.42. The van der Waals surface area contributed by atoms with Gasteiger partial charge in [-0.2, -0.15) is 0 Å². The second kappa shape index (κ2) is 9.85. The minimum absolute atomic E-state index is 0.0249. The molecule has 1 atom stereocenters. The fourth-order valence-corrected chi connectivity index (χ4v) is 4.95. The van der Waals surface area contributed by atoms with E-state index >= 15 is 0 Å². The Morgan fingerprint density at radius 1 is 1.00 bits per heavy atom. The fraction of sp³-hybridized carbons (Fsp3) is 0.172. The van der Waals surface area contributed by atoms with E-state index in [9.17, 15) is 19.7 Å². The van der Waals surface area contributed by atoms with Gasteiger partial charge >= 0.3 is 5.97 Å². The summed E-state index contributed by atoms with van der Waals surface area (Å²) in [6, 6.07) is 18.7. The molecule has 1 aliphatic carbocycles. The number of hydrogen-bond acceptors (Lipinski definition) is 8. The summed E-state index contributed by atoms with van der Waals surface area (Å²) in [4.78, 5) is 37.1. The summed E-state index contributed by atoms with van der Waals surface area (Å²) in [6.45, 7) is 1.86. The highest BCUT2D eigenvalue weighted by atomic mass is 16.6. The van der Waals surface area contributed by atoms with E-state index in [1.165, 1.54) is 26.4 Å². The van der Waals surface area contributed by atoms with Crippen molar-refractivity contribution in [2.24, 2.45) is 0 Å². The molecule has 1 N–H and O–H groups in total. The predicted molar refractivity (Wildman–Crippen MR) is 139 cm³/mol. The number of hydrogen-bond donors (Lipinski definition) is 1. The first-order valence-corrected chi connectivity index (χ1v) is 11.8. The van der Waals surface area contributed by atoms with Crippen molar-refractivity contribution in [3.8, 4) is 11.5 Å². The monoisotopic (exact) mass is 512 g/mol. The molecule has 2 aliphatic rings. The zero-order chi connectivity index (χ0) is 27.0. The zero-order valence-corrected chi connectivity index (χ0v) is 20.9. The van der Waals surface area contributed by atoms with Crippen molar-refractivity contribution in [2.45, 2.75) is 19.4 Å². The fourth-order valence-electron chi connectivity index (χ4n) is 4.95. The number of methoxy groups -OCH3 is 2. The number of nitro groups is 1. The van der Waals surface area contributed by atoms with Crippen LogP contribution in [0.1, 0.15) is 39.9 Å². The van der Waals surface area contributed by atoms with Crippen molar-refractivity contribution in [2.75, 3.05) is 14.2 Å². The lowest BCUT2D eigenvalue weighted by Crippen LogP contribution is -2.29. The van der Waals surface area contributed by atoms with Crippen LogP contribution < -0.4 is 14.8 Å². The van der Waals surface area contributed by atoms with Gasteiger partial charge in [0.2, 0.25) is 0 Å². The van der Waals surface area contributed by atoms with Crippen molar-refractivity contribution in [1.82, 2.24) is 5.32 Å². The highest BCUT2D eigenvalue weighted by Crippen LogP contribution is 2.48. The van der Waals surface area contributed by atoms with Crippen molar-refractivity contribution >= 4 is 23.1 Å². The van der Waals surface area contributed by atoms with E-state index in [1.807, 2.05) is 18.2 Å². The van der Waals surface area contributed by atoms with Crippen LogP contribution in [0, 0.1) is 10.1 Å². The second-order valence-corrected chi connectivity index (χ2v) is 8.88. The maximum absolute atomic E-state index is 13.6. The minimum atomic E-state index is -0.696. The lowest BCUT2D eigenvalue weighted by Gasteiger charge is -2.29. The molecule has 3 aromatic carbocycles. The Balaban J connectivity index is 1.53. The number of non-ortho nitro benzene ring substituents is 1. The van der Waals surface area contributed by atoms with Gasteiger partial charge in [0.15, 0.2) is 17.3 Å². The molecule has 0 aromatic heterocycles. The number of Topliss-reactive ketones (excluding diaryl/α,β-unsaturated/α-hetero) is 1. The number of carbonyl (C=O) groups excluding carboxylic acids is 2. The number of fused-ring (bicyclic) bond motifs is 2. The van der Waals surface area contributed by atoms with E-state index in [2.05, 4.69) is 5.32 Å². The number of nitrogens with zero attached hydrogens (tertiary/aromatic N) is 1. The molecule has 0 radical (unpaired) electrons. The quantitative estimate of drug-likeness (QED) is 0.269. The van der Waals surface area contributed by atoms with Gasteiger partial charge in [0.25, 0.3) is 5.69 Å². The summed E-state index contributed by atoms with van der Waals surface area (Å²) in [5.41, 5.74) is 4.66. The van der Waals surface area contributed by atoms with Crippen molar-refractivity contribution < 1.29 is 28.7 Å². The Bertz CT molecular complexity index is 1550. The van der Waals surface area contributed by atoms with Crippen LogP contribution in [0.15, 0.2) is 83.6 Å². The van der Waals surface area contributed by atoms with Gasteiger partial charge in [-0.1, -0.05) is 42.5 Å². The molecule has 192 valence electrons. The summed E-state index contributed by atoms with van der Waals surface area (Å²) < 4.78 is 16.6. The lowest BCUT2D eigenvalue weighted by atomic mass is 9.79. The number of nitrogens with one attached hydrogen (secondary N) is 1. The summed E-state index contributed by atoms with van der Waals surface area (Å²) in [5.74, 6) is -0.601. The van der Waals surface area contributed by atoms with Crippen LogP contribution in [0.25, 0.3) is 5.70 Å². The van der Waals surface area contributed by atoms with Gasteiger partial charge in [-0.15, -0.1) is 0 Å². The van der Waals surface area contributed by atoms with E-state index in [0.29, 0.717) is 50.7 Å². The molecule has 0 spiro atoms. The molecule has 9 nitrogen and oxygen atoms in total. The highest BCUT2D eigenvalue weighted by molar-refractivity contribution is 6.23. The maximum Gasteiger partial charge on any atom is 0.336 e. The molecular weight excluding hydrogens is 488 g/mol. The van der Waals surface area contributed by atoms with E-state index < -0.39 is 16.8 Å². The molecule has 1 heterocycles. The average Bonchev–Trinajstić information content (AvgIpc) is 3.22. The van der Waals surface area contributed by atoms with E-state index in [1.54, 1.807) is 43.3 Å². The summed E-state index contributed by atoms with van der Waals surface area (Å²) in [5, 5.41) is 14.3. The first-order valence-electron chi connectivity index (χ1n) is 11.8. The minimum Gasteiger partial charge on any atom is -0.493 e. The largest absolute Gasteiger partial charge is 0.493 e. The van der Waals surface area contributed by atoms with Gasteiger partial charge in [0, 0.05) is 40.4 Å².